The van der Waals surface area contributed by atoms with Crippen LogP contribution in [-0.4, -0.2) is 101 Å². The minimum atomic E-state index is -0.895. The van der Waals surface area contributed by atoms with Gasteiger partial charge in [-0.1, -0.05) is 18.1 Å². The Kier molecular flexibility index (Phi) is 7.43. The summed E-state index contributed by atoms with van der Waals surface area (Å²) in [5, 5.41) is 16.3. The molecule has 9 nitrogen and oxygen atoms in total. The first kappa shape index (κ1) is 30.2. The molecule has 0 aliphatic carbocycles. The van der Waals surface area contributed by atoms with E-state index in [2.05, 4.69) is 21.0 Å². The van der Waals surface area contributed by atoms with E-state index >= 15 is 4.39 Å². The number of aromatic nitrogens is 3. The Morgan fingerprint density at radius 2 is 1.94 bits per heavy atom. The zero-order valence-electron chi connectivity index (χ0n) is 26.8. The number of hydrogen-bond donors (Lipinski definition) is 2. The maximum absolute atomic E-state index is 17.2. The number of terminal acetylenes is 1. The van der Waals surface area contributed by atoms with E-state index in [1.165, 1.54) is 6.07 Å². The van der Waals surface area contributed by atoms with Crippen LogP contribution < -0.4 is 15.0 Å². The molecule has 0 amide bonds. The molecule has 0 saturated carbocycles. The molecule has 4 saturated heterocycles. The van der Waals surface area contributed by atoms with Crippen LogP contribution in [0.15, 0.2) is 30.3 Å². The van der Waals surface area contributed by atoms with Gasteiger partial charge in [-0.3, -0.25) is 4.90 Å². The molecular weight excluding hydrogens is 600 g/mol. The number of pyridine rings is 1. The van der Waals surface area contributed by atoms with Gasteiger partial charge in [-0.2, -0.15) is 9.97 Å². The number of nitrogens with one attached hydrogen (secondary N) is 1. The first-order chi connectivity index (χ1) is 22.7. The lowest BCUT2D eigenvalue weighted by Gasteiger charge is -2.35. The quantitative estimate of drug-likeness (QED) is 0.281. The van der Waals surface area contributed by atoms with Crippen molar-refractivity contribution in [3.8, 4) is 35.4 Å². The molecule has 47 heavy (non-hydrogen) atoms. The number of nitrogens with zero attached hydrogens (tertiary/aromatic N) is 6. The van der Waals surface area contributed by atoms with Gasteiger partial charge in [0, 0.05) is 61.2 Å². The molecule has 0 radical (unpaired) electrons. The SMILES string of the molecule is C#Cc1cccc2cc(O)cc(-c3nc(CN(C)C)c4c(N5CC6CCC(C5)N6)nc(OCC56CCCN5C[C@H](F)C6)nc4c3F)c12. The molecule has 3 unspecified atom stereocenters. The summed E-state index contributed by atoms with van der Waals surface area (Å²) < 4.78 is 38.2. The number of piperazine rings is 1. The van der Waals surface area contributed by atoms with Crippen molar-refractivity contribution in [2.45, 2.75) is 62.4 Å². The molecule has 4 aromatic rings. The Balaban J connectivity index is 1.34. The number of aromatic hydroxyl groups is 1. The van der Waals surface area contributed by atoms with Crippen molar-refractivity contribution in [3.05, 3.63) is 47.4 Å². The summed E-state index contributed by atoms with van der Waals surface area (Å²) in [6.45, 7) is 3.32. The molecule has 8 rings (SSSR count). The van der Waals surface area contributed by atoms with Crippen LogP contribution in [0.4, 0.5) is 14.6 Å². The summed E-state index contributed by atoms with van der Waals surface area (Å²) in [6, 6.07) is 9.25. The number of rotatable bonds is 7. The van der Waals surface area contributed by atoms with E-state index in [0.29, 0.717) is 70.4 Å². The number of phenols is 1. The van der Waals surface area contributed by atoms with Gasteiger partial charge in [-0.05, 0) is 69.9 Å². The second kappa shape index (κ2) is 11.5. The van der Waals surface area contributed by atoms with Crippen molar-refractivity contribution in [1.82, 2.24) is 30.1 Å². The standard InChI is InChI=1S/C36H39F2N7O2/c1-4-21-7-5-8-22-13-26(46)14-27(29(21)22)32-31(38)33-30(28(40-32)19-43(2)3)34(44-17-24-9-10-25(18-44)39-24)42-35(41-33)47-20-36-11-6-12-45(36)16-23(37)15-36/h1,5,7-8,13-14,23-25,39,46H,6,9-12,15-20H2,2-3H3/t23-,24?,25?,36?/m1/s1. The highest BCUT2D eigenvalue weighted by Gasteiger charge is 2.49. The normalized spacial score (nSPS) is 25.6. The minimum absolute atomic E-state index is 0.0241. The maximum atomic E-state index is 17.2. The number of alkyl halides is 1. The molecule has 6 heterocycles. The number of hydrogen-bond acceptors (Lipinski definition) is 9. The number of benzene rings is 2. The van der Waals surface area contributed by atoms with Crippen molar-refractivity contribution >= 4 is 27.5 Å². The van der Waals surface area contributed by atoms with E-state index in [4.69, 9.17) is 26.1 Å². The minimum Gasteiger partial charge on any atom is -0.508 e. The molecular formula is C36H39F2N7O2. The van der Waals surface area contributed by atoms with E-state index in [1.807, 2.05) is 31.1 Å². The first-order valence-corrected chi connectivity index (χ1v) is 16.5. The van der Waals surface area contributed by atoms with E-state index in [0.717, 1.165) is 45.3 Å². The molecule has 0 spiro atoms. The molecule has 2 aromatic carbocycles. The lowest BCUT2D eigenvalue weighted by atomic mass is 9.95. The molecule has 244 valence electrons. The largest absolute Gasteiger partial charge is 0.508 e. The average Bonchev–Trinajstić information content (AvgIpc) is 3.70. The van der Waals surface area contributed by atoms with Gasteiger partial charge in [0.15, 0.2) is 5.82 Å². The Labute approximate surface area is 272 Å². The van der Waals surface area contributed by atoms with E-state index in [-0.39, 0.29) is 29.6 Å². The van der Waals surface area contributed by atoms with Crippen LogP contribution in [0.2, 0.25) is 0 Å². The summed E-state index contributed by atoms with van der Waals surface area (Å²) in [4.78, 5) is 21.1. The lowest BCUT2D eigenvalue weighted by Crippen LogP contribution is -2.51. The third kappa shape index (κ3) is 5.23. The van der Waals surface area contributed by atoms with Crippen LogP contribution in [0, 0.1) is 18.2 Å². The Hall–Kier alpha value is -4.11. The van der Waals surface area contributed by atoms with Gasteiger partial charge in [0.25, 0.3) is 0 Å². The fourth-order valence-corrected chi connectivity index (χ4v) is 8.43. The van der Waals surface area contributed by atoms with Gasteiger partial charge in [0.1, 0.15) is 35.6 Å². The number of phenolic OH excluding ortho intramolecular Hbond substituents is 1. The Morgan fingerprint density at radius 3 is 2.70 bits per heavy atom. The second-order valence-electron chi connectivity index (χ2n) is 14.0. The molecule has 2 N–H and O–H groups in total. The topological polar surface area (TPSA) is 89.9 Å². The Morgan fingerprint density at radius 1 is 1.13 bits per heavy atom. The maximum Gasteiger partial charge on any atom is 0.319 e. The second-order valence-corrected chi connectivity index (χ2v) is 14.0. The van der Waals surface area contributed by atoms with Gasteiger partial charge in [-0.25, -0.2) is 13.8 Å². The van der Waals surface area contributed by atoms with Crippen LogP contribution in [0.3, 0.4) is 0 Å². The van der Waals surface area contributed by atoms with Gasteiger partial charge in [-0.15, -0.1) is 6.42 Å². The van der Waals surface area contributed by atoms with E-state index < -0.39 is 17.5 Å². The first-order valence-electron chi connectivity index (χ1n) is 16.5. The summed E-state index contributed by atoms with van der Waals surface area (Å²) in [6.07, 6.45) is 9.37. The third-order valence-electron chi connectivity index (χ3n) is 10.4. The molecule has 2 bridgehead atoms. The lowest BCUT2D eigenvalue weighted by molar-refractivity contribution is 0.107. The number of ether oxygens (including phenoxy) is 1. The van der Waals surface area contributed by atoms with Crippen LogP contribution in [0.25, 0.3) is 32.9 Å². The smallest absolute Gasteiger partial charge is 0.319 e. The zero-order chi connectivity index (χ0) is 32.4. The fourth-order valence-electron chi connectivity index (χ4n) is 8.43. The van der Waals surface area contributed by atoms with E-state index in [9.17, 15) is 9.50 Å². The highest BCUT2D eigenvalue weighted by molar-refractivity contribution is 6.03. The van der Waals surface area contributed by atoms with Gasteiger partial charge >= 0.3 is 6.01 Å². The van der Waals surface area contributed by atoms with Gasteiger partial charge in [0.2, 0.25) is 0 Å². The molecule has 4 aliphatic heterocycles. The van der Waals surface area contributed by atoms with Gasteiger partial charge in [0.05, 0.1) is 16.6 Å². The molecule has 11 heteroatoms. The molecule has 4 aliphatic rings. The van der Waals surface area contributed by atoms with Gasteiger partial charge < -0.3 is 25.0 Å². The summed E-state index contributed by atoms with van der Waals surface area (Å²) >= 11 is 0. The van der Waals surface area contributed by atoms with Crippen LogP contribution in [0.5, 0.6) is 11.8 Å². The molecule has 2 aromatic heterocycles. The monoisotopic (exact) mass is 639 g/mol. The highest BCUT2D eigenvalue weighted by Crippen LogP contribution is 2.42. The number of halogens is 2. The summed E-state index contributed by atoms with van der Waals surface area (Å²) in [5.41, 5.74) is 1.31. The van der Waals surface area contributed by atoms with Crippen molar-refractivity contribution in [2.24, 2.45) is 0 Å². The van der Waals surface area contributed by atoms with Crippen molar-refractivity contribution in [1.29, 1.82) is 0 Å². The third-order valence-corrected chi connectivity index (χ3v) is 10.4. The highest BCUT2D eigenvalue weighted by atomic mass is 19.1. The van der Waals surface area contributed by atoms with E-state index in [1.54, 1.807) is 12.1 Å². The predicted molar refractivity (Wildman–Crippen MR) is 178 cm³/mol. The number of anilines is 1. The number of fused-ring (bicyclic) bond motifs is 5. The average molecular weight is 640 g/mol. The molecule has 4 fully saturated rings. The predicted octanol–water partition coefficient (Wildman–Crippen LogP) is 4.63. The molecule has 4 atom stereocenters. The summed E-state index contributed by atoms with van der Waals surface area (Å²) in [7, 11) is 3.87. The van der Waals surface area contributed by atoms with Crippen LogP contribution in [-0.2, 0) is 6.54 Å². The summed E-state index contributed by atoms with van der Waals surface area (Å²) in [5.74, 6) is 2.65. The van der Waals surface area contributed by atoms with Crippen molar-refractivity contribution < 1.29 is 18.6 Å². The van der Waals surface area contributed by atoms with Crippen molar-refractivity contribution in [3.63, 3.8) is 0 Å². The van der Waals surface area contributed by atoms with Crippen LogP contribution in [0.1, 0.15) is 43.4 Å². The Bertz CT molecular complexity index is 1920. The fraction of sp³-hybridized carbons (Fsp3) is 0.472. The van der Waals surface area contributed by atoms with Crippen LogP contribution >= 0.6 is 0 Å². The zero-order valence-corrected chi connectivity index (χ0v) is 26.8. The van der Waals surface area contributed by atoms with Crippen molar-refractivity contribution in [2.75, 3.05) is 51.8 Å².